The minimum absolute atomic E-state index is 0.881. The Labute approximate surface area is 271 Å². The average molecular weight is 717 g/mol. The molecule has 0 N–H and O–H groups in total. The van der Waals surface area contributed by atoms with E-state index in [9.17, 15) is 26.3 Å². The van der Waals surface area contributed by atoms with Crippen LogP contribution in [0.25, 0.3) is 34.7 Å². The second kappa shape index (κ2) is 14.0. The normalized spacial score (nSPS) is 13.9. The summed E-state index contributed by atoms with van der Waals surface area (Å²) in [6.45, 7) is 2.07. The summed E-state index contributed by atoms with van der Waals surface area (Å²) in [4.78, 5) is 0. The highest BCUT2D eigenvalue weighted by Gasteiger charge is 2.37. The molecule has 0 spiro atoms. The molecule has 0 unspecified atom stereocenters. The molecule has 9 nitrogen and oxygen atoms in total. The SMILES string of the molecule is COc1ccc(C=Cc2cc[n+]3c(c2)-c2c(ccc4c2-c2cccc[n+]2CC4)CC3)cc1.O=S(=O)([O-])C(F)(F)F.O=S(=O)([O-])C(F)(F)F. The second-order valence-corrected chi connectivity index (χ2v) is 13.1. The highest BCUT2D eigenvalue weighted by atomic mass is 32.2. The molecule has 17 heteroatoms. The van der Waals surface area contributed by atoms with Gasteiger partial charge in [-0.1, -0.05) is 36.4 Å². The van der Waals surface area contributed by atoms with Gasteiger partial charge in [0, 0.05) is 37.1 Å². The van der Waals surface area contributed by atoms with Crippen molar-refractivity contribution in [3.05, 3.63) is 101 Å². The van der Waals surface area contributed by atoms with Crippen LogP contribution in [0, 0.1) is 0 Å². The Kier molecular flexibility index (Phi) is 10.7. The zero-order valence-electron chi connectivity index (χ0n) is 24.8. The van der Waals surface area contributed by atoms with Crippen LogP contribution in [0.1, 0.15) is 22.3 Å². The van der Waals surface area contributed by atoms with Gasteiger partial charge in [-0.25, -0.2) is 16.8 Å². The standard InChI is InChI=1S/C29H26N2O.2CHF3O3S/c1-32-25-11-7-21(8-12-25)5-6-22-13-17-31-19-15-24-10-9-23-14-18-30-16-3-2-4-26(30)28(23)29(24)27(31)20-22;2*2-1(3,4)8(5,6)7/h2-13,16-17,20H,14-15,18-19H2,1H3;2*(H,5,6,7)/q+2;;/p-2. The lowest BCUT2D eigenvalue weighted by Crippen LogP contribution is -2.43. The van der Waals surface area contributed by atoms with E-state index in [-0.39, 0.29) is 0 Å². The predicted octanol–water partition coefficient (Wildman–Crippen LogP) is 4.99. The van der Waals surface area contributed by atoms with Gasteiger partial charge in [0.05, 0.1) is 18.2 Å². The molecule has 4 aromatic rings. The summed E-state index contributed by atoms with van der Waals surface area (Å²) in [5, 5.41) is 0. The molecular weight excluding hydrogens is 690 g/mol. The van der Waals surface area contributed by atoms with Gasteiger partial charge in [0.15, 0.2) is 45.7 Å². The maximum absolute atomic E-state index is 10.7. The third kappa shape index (κ3) is 8.58. The van der Waals surface area contributed by atoms with Crippen LogP contribution in [0.2, 0.25) is 0 Å². The van der Waals surface area contributed by atoms with E-state index in [0.29, 0.717) is 0 Å². The third-order valence-corrected chi connectivity index (χ3v) is 8.42. The number of aryl methyl sites for hydroxylation is 4. The van der Waals surface area contributed by atoms with Gasteiger partial charge in [-0.05, 0) is 40.5 Å². The Balaban J connectivity index is 0.000000272. The molecule has 2 aromatic heterocycles. The second-order valence-electron chi connectivity index (χ2n) is 10.4. The number of rotatable bonds is 3. The van der Waals surface area contributed by atoms with Crippen LogP contribution in [0.4, 0.5) is 26.3 Å². The Morgan fingerprint density at radius 2 is 1.15 bits per heavy atom. The molecule has 4 heterocycles. The Hall–Kier alpha value is -4.32. The first kappa shape index (κ1) is 36.5. The number of hydrogen-bond acceptors (Lipinski definition) is 7. The Bertz CT molecular complexity index is 2010. The lowest BCUT2D eigenvalue weighted by atomic mass is 9.85. The third-order valence-electron chi connectivity index (χ3n) is 7.29. The van der Waals surface area contributed by atoms with Crippen LogP contribution >= 0.6 is 0 Å². The van der Waals surface area contributed by atoms with Crippen LogP contribution in [0.15, 0.2) is 79.1 Å². The van der Waals surface area contributed by atoms with E-state index in [0.717, 1.165) is 31.7 Å². The van der Waals surface area contributed by atoms with Gasteiger partial charge < -0.3 is 13.8 Å². The molecule has 0 bridgehead atoms. The lowest BCUT2D eigenvalue weighted by Gasteiger charge is -2.22. The van der Waals surface area contributed by atoms with Crippen molar-refractivity contribution in [3.8, 4) is 28.3 Å². The van der Waals surface area contributed by atoms with Crippen molar-refractivity contribution < 1.29 is 66.2 Å². The van der Waals surface area contributed by atoms with Crippen LogP contribution in [0.5, 0.6) is 5.75 Å². The van der Waals surface area contributed by atoms with Crippen molar-refractivity contribution in [2.75, 3.05) is 7.11 Å². The molecule has 2 aromatic carbocycles. The van der Waals surface area contributed by atoms with Crippen LogP contribution in [-0.2, 0) is 46.2 Å². The minimum Gasteiger partial charge on any atom is -0.741 e. The number of fused-ring (bicyclic) bond motifs is 7. The van der Waals surface area contributed by atoms with Crippen molar-refractivity contribution in [1.82, 2.24) is 0 Å². The van der Waals surface area contributed by atoms with Gasteiger partial charge in [0.2, 0.25) is 11.4 Å². The zero-order chi connectivity index (χ0) is 35.5. The van der Waals surface area contributed by atoms with E-state index in [4.69, 9.17) is 30.7 Å². The quantitative estimate of drug-likeness (QED) is 0.126. The van der Waals surface area contributed by atoms with Crippen LogP contribution < -0.4 is 13.9 Å². The molecule has 0 saturated heterocycles. The van der Waals surface area contributed by atoms with Crippen molar-refractivity contribution in [2.24, 2.45) is 0 Å². The lowest BCUT2D eigenvalue weighted by molar-refractivity contribution is -0.689. The summed E-state index contributed by atoms with van der Waals surface area (Å²) in [5.74, 6) is 0.881. The number of methoxy groups -OCH3 is 1. The minimum atomic E-state index is -6.09. The summed E-state index contributed by atoms with van der Waals surface area (Å²) in [6, 6.07) is 24.0. The fourth-order valence-corrected chi connectivity index (χ4v) is 5.04. The molecule has 0 amide bonds. The Morgan fingerprint density at radius 3 is 1.65 bits per heavy atom. The molecule has 0 fully saturated rings. The van der Waals surface area contributed by atoms with Gasteiger partial charge in [-0.15, -0.1) is 0 Å². The fourth-order valence-electron chi connectivity index (χ4n) is 5.04. The molecule has 6 rings (SSSR count). The highest BCUT2D eigenvalue weighted by Crippen LogP contribution is 2.39. The first-order valence-electron chi connectivity index (χ1n) is 13.8. The maximum atomic E-state index is 10.7. The number of ether oxygens (including phenoxy) is 1. The monoisotopic (exact) mass is 716 g/mol. The Morgan fingerprint density at radius 1 is 0.667 bits per heavy atom. The number of pyridine rings is 2. The van der Waals surface area contributed by atoms with Crippen molar-refractivity contribution in [2.45, 2.75) is 36.9 Å². The largest absolute Gasteiger partial charge is 0.741 e. The van der Waals surface area contributed by atoms with Crippen molar-refractivity contribution in [1.29, 1.82) is 0 Å². The summed E-state index contributed by atoms with van der Waals surface area (Å²) in [7, 11) is -10.5. The number of benzene rings is 2. The molecular formula is C31H26F6N2O7S2. The summed E-state index contributed by atoms with van der Waals surface area (Å²) >= 11 is 0. The van der Waals surface area contributed by atoms with Crippen molar-refractivity contribution >= 4 is 32.4 Å². The zero-order valence-corrected chi connectivity index (χ0v) is 26.5. The first-order valence-corrected chi connectivity index (χ1v) is 16.7. The number of alkyl halides is 6. The van der Waals surface area contributed by atoms with Gasteiger partial charge in [0.25, 0.3) is 0 Å². The topological polar surface area (TPSA) is 131 Å². The molecule has 0 atom stereocenters. The van der Waals surface area contributed by atoms with Crippen molar-refractivity contribution in [3.63, 3.8) is 0 Å². The van der Waals surface area contributed by atoms with Gasteiger partial charge in [0.1, 0.15) is 5.75 Å². The van der Waals surface area contributed by atoms with Crippen LogP contribution in [0.3, 0.4) is 0 Å². The number of aromatic nitrogens is 2. The molecule has 0 saturated carbocycles. The van der Waals surface area contributed by atoms with Gasteiger partial charge >= 0.3 is 11.0 Å². The van der Waals surface area contributed by atoms with Gasteiger partial charge in [-0.3, -0.25) is 0 Å². The highest BCUT2D eigenvalue weighted by molar-refractivity contribution is 7.86. The number of nitrogens with zero attached hydrogens (tertiary/aromatic N) is 2. The van der Waals surface area contributed by atoms with E-state index < -0.39 is 31.3 Å². The summed E-state index contributed by atoms with van der Waals surface area (Å²) in [6.07, 6.45) is 11.0. The number of hydrogen-bond donors (Lipinski definition) is 0. The maximum Gasteiger partial charge on any atom is 0.485 e. The molecule has 0 radical (unpaired) electrons. The fraction of sp³-hybridized carbons (Fsp3) is 0.226. The van der Waals surface area contributed by atoms with E-state index in [1.165, 1.54) is 44.8 Å². The molecule has 0 aliphatic carbocycles. The van der Waals surface area contributed by atoms with E-state index >= 15 is 0 Å². The van der Waals surface area contributed by atoms with E-state index in [1.807, 2.05) is 12.1 Å². The molecule has 48 heavy (non-hydrogen) atoms. The smallest absolute Gasteiger partial charge is 0.485 e. The number of halogens is 6. The predicted molar refractivity (Wildman–Crippen MR) is 159 cm³/mol. The molecule has 256 valence electrons. The molecule has 2 aliphatic heterocycles. The van der Waals surface area contributed by atoms with Gasteiger partial charge in [-0.2, -0.15) is 35.5 Å². The van der Waals surface area contributed by atoms with E-state index in [2.05, 4.69) is 88.3 Å². The average Bonchev–Trinajstić information content (AvgIpc) is 3.02. The molecule has 2 aliphatic rings. The summed E-state index contributed by atoms with van der Waals surface area (Å²) < 4.78 is 128. The first-order chi connectivity index (χ1) is 22.3. The summed E-state index contributed by atoms with van der Waals surface area (Å²) in [5.41, 5.74) is -0.517. The van der Waals surface area contributed by atoms with E-state index in [1.54, 1.807) is 7.11 Å². The van der Waals surface area contributed by atoms with Crippen LogP contribution in [-0.4, -0.2) is 44.1 Å².